The lowest BCUT2D eigenvalue weighted by Crippen LogP contribution is -2.03. The summed E-state index contributed by atoms with van der Waals surface area (Å²) < 4.78 is 3.09. The Morgan fingerprint density at radius 1 is 1.32 bits per heavy atom. The topological polar surface area (TPSA) is 55.6 Å². The Bertz CT molecular complexity index is 664. The zero-order valence-corrected chi connectivity index (χ0v) is 12.2. The molecule has 3 aromatic rings. The van der Waals surface area contributed by atoms with Crippen LogP contribution in [0.25, 0.3) is 0 Å². The zero-order chi connectivity index (χ0) is 13.1. The third-order valence-electron chi connectivity index (χ3n) is 2.49. The van der Waals surface area contributed by atoms with Gasteiger partial charge in [0.1, 0.15) is 6.33 Å². The first-order chi connectivity index (χ1) is 9.31. The Labute approximate surface area is 122 Å². The quantitative estimate of drug-likeness (QED) is 0.794. The third kappa shape index (κ3) is 2.99. The van der Waals surface area contributed by atoms with Crippen LogP contribution >= 0.6 is 27.3 Å². The van der Waals surface area contributed by atoms with Gasteiger partial charge in [-0.1, -0.05) is 0 Å². The second-order valence-corrected chi connectivity index (χ2v) is 6.40. The summed E-state index contributed by atoms with van der Waals surface area (Å²) >= 11 is 5.16. The standard InChI is InChI=1S/C12H10BrN5S/c13-11-4-3-10(19-11)7-18-8-15-17-12(18)16-9-2-1-5-14-6-9/h1-6,8H,7H2,(H,16,17). The number of nitrogens with one attached hydrogen (secondary N) is 1. The van der Waals surface area contributed by atoms with E-state index in [1.165, 1.54) is 4.88 Å². The summed E-state index contributed by atoms with van der Waals surface area (Å²) in [6, 6.07) is 7.94. The Kier molecular flexibility index (Phi) is 3.56. The number of thiophene rings is 1. The molecule has 0 atom stereocenters. The molecule has 1 N–H and O–H groups in total. The van der Waals surface area contributed by atoms with E-state index in [9.17, 15) is 0 Å². The predicted molar refractivity (Wildman–Crippen MR) is 78.7 cm³/mol. The van der Waals surface area contributed by atoms with Crippen molar-refractivity contribution in [1.82, 2.24) is 19.7 Å². The zero-order valence-electron chi connectivity index (χ0n) is 9.82. The second-order valence-electron chi connectivity index (χ2n) is 3.85. The molecule has 0 aliphatic heterocycles. The fourth-order valence-corrected chi connectivity index (χ4v) is 3.12. The van der Waals surface area contributed by atoms with Gasteiger partial charge in [-0.05, 0) is 40.2 Å². The average Bonchev–Trinajstić information content (AvgIpc) is 3.01. The minimum Gasteiger partial charge on any atom is -0.323 e. The maximum absolute atomic E-state index is 4.08. The lowest BCUT2D eigenvalue weighted by Gasteiger charge is -2.07. The van der Waals surface area contributed by atoms with Crippen LogP contribution in [0, 0.1) is 0 Å². The monoisotopic (exact) mass is 335 g/mol. The van der Waals surface area contributed by atoms with Gasteiger partial charge in [0.2, 0.25) is 5.95 Å². The van der Waals surface area contributed by atoms with Crippen molar-refractivity contribution in [2.24, 2.45) is 0 Å². The molecular weight excluding hydrogens is 326 g/mol. The van der Waals surface area contributed by atoms with Gasteiger partial charge in [0.25, 0.3) is 0 Å². The summed E-state index contributed by atoms with van der Waals surface area (Å²) in [5.41, 5.74) is 0.893. The molecule has 0 bridgehead atoms. The van der Waals surface area contributed by atoms with E-state index in [0.29, 0.717) is 5.95 Å². The molecule has 19 heavy (non-hydrogen) atoms. The molecule has 0 radical (unpaired) electrons. The van der Waals surface area contributed by atoms with Crippen LogP contribution in [-0.4, -0.2) is 19.7 Å². The van der Waals surface area contributed by atoms with E-state index >= 15 is 0 Å². The van der Waals surface area contributed by atoms with Crippen molar-refractivity contribution in [1.29, 1.82) is 0 Å². The highest BCUT2D eigenvalue weighted by atomic mass is 79.9. The second kappa shape index (κ2) is 5.50. The Hall–Kier alpha value is -1.73. The number of aromatic nitrogens is 4. The highest BCUT2D eigenvalue weighted by Crippen LogP contribution is 2.23. The Morgan fingerprint density at radius 3 is 3.00 bits per heavy atom. The lowest BCUT2D eigenvalue weighted by molar-refractivity contribution is 0.816. The first kappa shape index (κ1) is 12.3. The predicted octanol–water partition coefficient (Wildman–Crippen LogP) is 3.29. The number of pyridine rings is 1. The van der Waals surface area contributed by atoms with Gasteiger partial charge < -0.3 is 5.32 Å². The largest absolute Gasteiger partial charge is 0.323 e. The van der Waals surface area contributed by atoms with E-state index in [0.717, 1.165) is 16.0 Å². The van der Waals surface area contributed by atoms with E-state index < -0.39 is 0 Å². The highest BCUT2D eigenvalue weighted by Gasteiger charge is 2.06. The number of nitrogens with zero attached hydrogens (tertiary/aromatic N) is 4. The molecule has 0 unspecified atom stereocenters. The Balaban J connectivity index is 1.79. The van der Waals surface area contributed by atoms with Crippen molar-refractivity contribution in [3.05, 3.63) is 51.7 Å². The number of anilines is 2. The van der Waals surface area contributed by atoms with Crippen LogP contribution in [0.3, 0.4) is 0 Å². The number of rotatable bonds is 4. The van der Waals surface area contributed by atoms with Crippen molar-refractivity contribution < 1.29 is 0 Å². The van der Waals surface area contributed by atoms with Crippen LogP contribution in [0.15, 0.2) is 46.8 Å². The number of hydrogen-bond acceptors (Lipinski definition) is 5. The molecule has 0 aromatic carbocycles. The van der Waals surface area contributed by atoms with Gasteiger partial charge in [-0.15, -0.1) is 21.5 Å². The summed E-state index contributed by atoms with van der Waals surface area (Å²) in [6.45, 7) is 0.742. The van der Waals surface area contributed by atoms with Crippen LogP contribution in [0.5, 0.6) is 0 Å². The molecule has 5 nitrogen and oxygen atoms in total. The highest BCUT2D eigenvalue weighted by molar-refractivity contribution is 9.11. The van der Waals surface area contributed by atoms with Crippen LogP contribution < -0.4 is 5.32 Å². The van der Waals surface area contributed by atoms with Gasteiger partial charge in [-0.2, -0.15) is 0 Å². The molecule has 96 valence electrons. The third-order valence-corrected chi connectivity index (χ3v) is 4.10. The Morgan fingerprint density at radius 2 is 2.26 bits per heavy atom. The van der Waals surface area contributed by atoms with Gasteiger partial charge in [0.05, 0.1) is 22.2 Å². The van der Waals surface area contributed by atoms with E-state index in [4.69, 9.17) is 0 Å². The van der Waals surface area contributed by atoms with Crippen molar-refractivity contribution >= 4 is 38.9 Å². The van der Waals surface area contributed by atoms with Gasteiger partial charge in [-0.25, -0.2) is 0 Å². The SMILES string of the molecule is Brc1ccc(Cn2cnnc2Nc2cccnc2)s1. The number of halogens is 1. The molecule has 3 aromatic heterocycles. The maximum Gasteiger partial charge on any atom is 0.229 e. The van der Waals surface area contributed by atoms with Gasteiger partial charge >= 0.3 is 0 Å². The molecule has 0 aliphatic carbocycles. The van der Waals surface area contributed by atoms with Gasteiger partial charge in [0, 0.05) is 11.1 Å². The fourth-order valence-electron chi connectivity index (χ4n) is 1.64. The van der Waals surface area contributed by atoms with Crippen molar-refractivity contribution in [3.63, 3.8) is 0 Å². The fraction of sp³-hybridized carbons (Fsp3) is 0.0833. The van der Waals surface area contributed by atoms with E-state index in [2.05, 4.69) is 42.5 Å². The molecule has 0 aliphatic rings. The average molecular weight is 336 g/mol. The first-order valence-corrected chi connectivity index (χ1v) is 7.21. The summed E-state index contributed by atoms with van der Waals surface area (Å²) in [4.78, 5) is 5.30. The molecule has 0 saturated carbocycles. The molecule has 3 rings (SSSR count). The minimum atomic E-state index is 0.706. The molecule has 3 heterocycles. The molecule has 0 fully saturated rings. The van der Waals surface area contributed by atoms with E-state index in [-0.39, 0.29) is 0 Å². The van der Waals surface area contributed by atoms with Crippen molar-refractivity contribution in [2.45, 2.75) is 6.54 Å². The molecule has 0 saturated heterocycles. The maximum atomic E-state index is 4.08. The molecule has 0 spiro atoms. The van der Waals surface area contributed by atoms with Crippen LogP contribution in [0.2, 0.25) is 0 Å². The summed E-state index contributed by atoms with van der Waals surface area (Å²) in [7, 11) is 0. The normalized spacial score (nSPS) is 10.6. The van der Waals surface area contributed by atoms with E-state index in [1.807, 2.05) is 22.8 Å². The summed E-state index contributed by atoms with van der Waals surface area (Å²) in [5.74, 6) is 0.706. The number of hydrogen-bond donors (Lipinski definition) is 1. The lowest BCUT2D eigenvalue weighted by atomic mass is 10.4. The van der Waals surface area contributed by atoms with Crippen LogP contribution in [0.4, 0.5) is 11.6 Å². The van der Waals surface area contributed by atoms with Crippen molar-refractivity contribution in [2.75, 3.05) is 5.32 Å². The van der Waals surface area contributed by atoms with Crippen LogP contribution in [0.1, 0.15) is 4.88 Å². The molecular formula is C12H10BrN5S. The summed E-state index contributed by atoms with van der Waals surface area (Å²) in [6.07, 6.45) is 5.20. The van der Waals surface area contributed by atoms with Crippen molar-refractivity contribution in [3.8, 4) is 0 Å². The van der Waals surface area contributed by atoms with Crippen LogP contribution in [-0.2, 0) is 6.54 Å². The van der Waals surface area contributed by atoms with Gasteiger partial charge in [-0.3, -0.25) is 9.55 Å². The summed E-state index contributed by atoms with van der Waals surface area (Å²) in [5, 5.41) is 11.2. The molecule has 7 heteroatoms. The first-order valence-electron chi connectivity index (χ1n) is 5.60. The minimum absolute atomic E-state index is 0.706. The van der Waals surface area contributed by atoms with E-state index in [1.54, 1.807) is 30.1 Å². The molecule has 0 amide bonds. The smallest absolute Gasteiger partial charge is 0.229 e. The van der Waals surface area contributed by atoms with Gasteiger partial charge in [0.15, 0.2) is 0 Å².